The number of hydrogen-bond donors (Lipinski definition) is 0. The van der Waals surface area contributed by atoms with Gasteiger partial charge >= 0.3 is 0 Å². The van der Waals surface area contributed by atoms with E-state index in [1.165, 1.54) is 32.1 Å². The highest BCUT2D eigenvalue weighted by Gasteiger charge is 2.38. The highest BCUT2D eigenvalue weighted by Crippen LogP contribution is 2.35. The lowest BCUT2D eigenvalue weighted by Gasteiger charge is -2.47. The Hall–Kier alpha value is -13.1. The number of aryl methyl sites for hydroxylation is 8. The van der Waals surface area contributed by atoms with Crippen molar-refractivity contribution >= 4 is 67.4 Å². The maximum absolute atomic E-state index is 13.1. The van der Waals surface area contributed by atoms with Gasteiger partial charge in [-0.1, -0.05) is 34.1 Å². The maximum Gasteiger partial charge on any atom is 0.258 e. The second kappa shape index (κ2) is 36.7. The fourth-order valence-corrected chi connectivity index (χ4v) is 20.7. The molecular weight excluding hydrogens is 1690 g/mol. The molecule has 0 N–H and O–H groups in total. The summed E-state index contributed by atoms with van der Waals surface area (Å²) < 4.78 is 19.3. The third-order valence-corrected chi connectivity index (χ3v) is 28.1. The average Bonchev–Trinajstić information content (AvgIpc) is 1.08. The lowest BCUT2D eigenvalue weighted by molar-refractivity contribution is -0.0792. The van der Waals surface area contributed by atoms with E-state index in [0.29, 0.717) is 104 Å². The van der Waals surface area contributed by atoms with Gasteiger partial charge in [-0.25, -0.2) is 38.0 Å². The van der Waals surface area contributed by atoms with E-state index >= 15 is 0 Å². The molecule has 2 saturated carbocycles. The lowest BCUT2D eigenvalue weighted by atomic mass is 9.89. The third-order valence-electron chi connectivity index (χ3n) is 28.1. The van der Waals surface area contributed by atoms with Gasteiger partial charge in [0.1, 0.15) is 45.4 Å². The summed E-state index contributed by atoms with van der Waals surface area (Å²) in [4.78, 5) is 110. The molecule has 16 aromatic heterocycles. The first-order valence-electron chi connectivity index (χ1n) is 48.0. The van der Waals surface area contributed by atoms with Gasteiger partial charge in [0, 0.05) is 170 Å². The first kappa shape index (κ1) is 88.8. The molecule has 0 amide bonds. The Morgan fingerprint density at radius 1 is 0.321 bits per heavy atom. The van der Waals surface area contributed by atoms with E-state index in [-0.39, 0.29) is 22.2 Å². The molecule has 23 rings (SSSR count). The quantitative estimate of drug-likeness (QED) is 0.0868. The van der Waals surface area contributed by atoms with Gasteiger partial charge in [0.05, 0.1) is 157 Å². The van der Waals surface area contributed by atoms with E-state index in [4.69, 9.17) is 24.7 Å². The van der Waals surface area contributed by atoms with Crippen LogP contribution in [0.1, 0.15) is 147 Å². The van der Waals surface area contributed by atoms with Crippen LogP contribution in [0.15, 0.2) is 166 Å². The lowest BCUT2D eigenvalue weighted by Crippen LogP contribution is -2.60. The van der Waals surface area contributed by atoms with E-state index in [0.717, 1.165) is 220 Å². The second-order valence-electron chi connectivity index (χ2n) is 37.8. The Morgan fingerprint density at radius 3 is 0.836 bits per heavy atom. The van der Waals surface area contributed by atoms with Crippen molar-refractivity contribution in [2.45, 2.75) is 203 Å². The number of fused-ring (bicyclic) bond motifs is 8. The van der Waals surface area contributed by atoms with Crippen LogP contribution in [0, 0.1) is 27.7 Å². The predicted molar refractivity (Wildman–Crippen MR) is 524 cm³/mol. The predicted octanol–water partition coefficient (Wildman–Crippen LogP) is 11.7. The number of rotatable bonds is 16. The van der Waals surface area contributed by atoms with Crippen molar-refractivity contribution < 1.29 is 4.74 Å². The van der Waals surface area contributed by atoms with Crippen LogP contribution in [0.3, 0.4) is 0 Å². The Morgan fingerprint density at radius 2 is 0.597 bits per heavy atom. The molecule has 0 radical (unpaired) electrons. The molecule has 16 aromatic rings. The van der Waals surface area contributed by atoms with Crippen LogP contribution >= 0.6 is 0 Å². The summed E-state index contributed by atoms with van der Waals surface area (Å²) in [5.74, 6) is 0. The van der Waals surface area contributed by atoms with Gasteiger partial charge < -0.3 is 24.3 Å². The standard InChI is InChI=1S/C26H31N7O.C25H29N7O2.C25H29N7O.C25H31N7O/c1-4-21-24-12-23(29-33(24)14-17(2)27-21)22-13-26(34)32-16-20(8-9-25(32)28-22)30-10-11-31(18(3)15-30)19-6-5-7-19;1-4-20-23-9-22(28-32(23)11-16(2)26-20)21-10-25(33)31-13-18(5-6-24(31)27-21)29-7-8-30(17(3)12-29)19-14-34-15-19;1-4-20-23-11-22(28-32(23)13-16(2)26-20)21-12-25(33)31-15-19(7-8-24(31)27-21)29-9-10-30(17(3)14-29)18-5-6-18;1-6-20-23-11-22(28-32(23)13-17(4)26-20)21-12-25(33)31-15-19(7-8-24(31)27-21)29-9-10-30(16(2)3)18(5)14-29/h8-9,12-14,16,18-19H,4-7,10-11,15H2,1-3H3;5-6,9-11,13,17,19H,4,7-8,12,14-15H2,1-3H3;7-8,11-13,15,17-18H,4-6,9-10,14H2,1-3H3;7-8,11-13,15-16,18H,6,9-10,14H2,1-5H3/t18-;2*17-;18-/m1111/s1. The van der Waals surface area contributed by atoms with Gasteiger partial charge in [0.2, 0.25) is 0 Å². The fraction of sp³-hybridized carbons (Fsp3) is 0.446. The molecule has 4 atom stereocenters. The molecule has 0 spiro atoms. The minimum Gasteiger partial charge on any atom is -0.378 e. The summed E-state index contributed by atoms with van der Waals surface area (Å²) in [6.07, 6.45) is 25.3. The molecule has 694 valence electrons. The minimum absolute atomic E-state index is 0.0925. The zero-order valence-corrected chi connectivity index (χ0v) is 79.3. The van der Waals surface area contributed by atoms with Crippen LogP contribution in [0.4, 0.5) is 22.7 Å². The Kier molecular flexibility index (Phi) is 24.3. The number of aromatic nitrogens is 20. The number of nitrogens with zero attached hydrogens (tertiary/aromatic N) is 28. The first-order chi connectivity index (χ1) is 64.8. The first-order valence-corrected chi connectivity index (χ1v) is 48.0. The summed E-state index contributed by atoms with van der Waals surface area (Å²) in [5, 5.41) is 18.7. The van der Waals surface area contributed by atoms with Crippen molar-refractivity contribution in [3.8, 4) is 45.6 Å². The zero-order chi connectivity index (χ0) is 92.8. The van der Waals surface area contributed by atoms with Crippen molar-refractivity contribution in [1.82, 2.24) is 116 Å². The molecule has 0 aromatic carbocycles. The Labute approximate surface area is 777 Å². The highest BCUT2D eigenvalue weighted by molar-refractivity contribution is 5.72. The summed E-state index contributed by atoms with van der Waals surface area (Å²) in [7, 11) is 0. The Bertz CT molecular complexity index is 6990. The van der Waals surface area contributed by atoms with Gasteiger partial charge in [-0.05, 0) is 193 Å². The second-order valence-corrected chi connectivity index (χ2v) is 37.8. The molecule has 5 saturated heterocycles. The molecule has 0 unspecified atom stereocenters. The van der Waals surface area contributed by atoms with Crippen LogP contribution in [0.25, 0.3) is 90.2 Å². The van der Waals surface area contributed by atoms with Crippen LogP contribution in [-0.2, 0) is 30.4 Å². The van der Waals surface area contributed by atoms with Crippen molar-refractivity contribution in [3.05, 3.63) is 234 Å². The average molecular weight is 1810 g/mol. The molecule has 7 fully saturated rings. The molecular formula is C101H120N28O5. The number of anilines is 4. The fourth-order valence-electron chi connectivity index (χ4n) is 20.7. The van der Waals surface area contributed by atoms with Gasteiger partial charge in [0.15, 0.2) is 0 Å². The minimum atomic E-state index is -0.109. The molecule has 21 heterocycles. The molecule has 0 bridgehead atoms. The number of hydrogen-bond acceptors (Lipinski definition) is 25. The maximum atomic E-state index is 13.1. The number of pyridine rings is 4. The molecule has 5 aliphatic heterocycles. The number of piperazine rings is 4. The van der Waals surface area contributed by atoms with Crippen molar-refractivity contribution in [2.24, 2.45) is 0 Å². The van der Waals surface area contributed by atoms with Crippen molar-refractivity contribution in [2.75, 3.05) is 111 Å². The summed E-state index contributed by atoms with van der Waals surface area (Å²) in [5.41, 5.74) is 22.8. The van der Waals surface area contributed by atoms with Crippen LogP contribution in [-0.4, -0.2) is 256 Å². The molecule has 134 heavy (non-hydrogen) atoms. The summed E-state index contributed by atoms with van der Waals surface area (Å²) >= 11 is 0. The zero-order valence-electron chi connectivity index (χ0n) is 79.3. The SMILES string of the molecule is CCc1nc(C)cn2nc(-c3cc(=O)n4cc(N5CCN(C(C)C)[C@H](C)C5)ccc4n3)cc12.CCc1nc(C)cn2nc(-c3cc(=O)n4cc(N5CCN(C6CC6)[C@H](C)C5)ccc4n3)cc12.CCc1nc(C)cn2nc(-c3cc(=O)n4cc(N5CCN(C6CCC6)[C@H](C)C5)ccc4n3)cc12.CCc1nc(C)cn2nc(-c3cc(=O)n4cc(N5CCN(C6COC6)[C@H](C)C5)ccc4n3)cc12. The van der Waals surface area contributed by atoms with Crippen LogP contribution in [0.5, 0.6) is 0 Å². The van der Waals surface area contributed by atoms with Gasteiger partial charge in [-0.2, -0.15) is 20.4 Å². The molecule has 7 aliphatic rings. The Balaban J connectivity index is 0.000000111. The summed E-state index contributed by atoms with van der Waals surface area (Å²) in [6.45, 7) is 43.4. The topological polar surface area (TPSA) is 293 Å². The number of ether oxygens (including phenoxy) is 1. The van der Waals surface area contributed by atoms with Gasteiger partial charge in [-0.15, -0.1) is 0 Å². The van der Waals surface area contributed by atoms with E-state index < -0.39 is 0 Å². The van der Waals surface area contributed by atoms with E-state index in [9.17, 15) is 19.2 Å². The van der Waals surface area contributed by atoms with Crippen LogP contribution in [0.2, 0.25) is 0 Å². The van der Waals surface area contributed by atoms with E-state index in [2.05, 4.69) is 173 Å². The van der Waals surface area contributed by atoms with Gasteiger partial charge in [-0.3, -0.25) is 76.3 Å². The van der Waals surface area contributed by atoms with Crippen LogP contribution < -0.4 is 41.8 Å². The molecule has 33 heteroatoms. The molecule has 2 aliphatic carbocycles. The van der Waals surface area contributed by atoms with Crippen molar-refractivity contribution in [3.63, 3.8) is 0 Å². The highest BCUT2D eigenvalue weighted by atomic mass is 16.5. The largest absolute Gasteiger partial charge is 0.378 e. The van der Waals surface area contributed by atoms with Crippen molar-refractivity contribution in [1.29, 1.82) is 0 Å². The summed E-state index contributed by atoms with van der Waals surface area (Å²) in [6, 6.07) is 34.8. The van der Waals surface area contributed by atoms with Gasteiger partial charge in [0.25, 0.3) is 22.2 Å². The van der Waals surface area contributed by atoms with E-state index in [1.807, 2.05) is 144 Å². The van der Waals surface area contributed by atoms with E-state index in [1.54, 1.807) is 41.9 Å². The normalized spacial score (nSPS) is 19.2. The third kappa shape index (κ3) is 17.7. The monoisotopic (exact) mass is 1800 g/mol. The molecule has 33 nitrogen and oxygen atoms in total. The smallest absolute Gasteiger partial charge is 0.258 e.